The summed E-state index contributed by atoms with van der Waals surface area (Å²) in [5.41, 5.74) is 0. The molecule has 0 spiro atoms. The molecule has 1 saturated carbocycles. The van der Waals surface area contributed by atoms with E-state index in [1.165, 1.54) is 57.8 Å². The zero-order chi connectivity index (χ0) is 13.4. The van der Waals surface area contributed by atoms with Crippen molar-refractivity contribution in [3.63, 3.8) is 0 Å². The van der Waals surface area contributed by atoms with Crippen LogP contribution < -0.4 is 0 Å². The van der Waals surface area contributed by atoms with Gasteiger partial charge in [-0.3, -0.25) is 0 Å². The number of unbranched alkanes of at least 4 members (excludes halogenated alkanes) is 2. The van der Waals surface area contributed by atoms with E-state index < -0.39 is 0 Å². The maximum Gasteiger partial charge on any atom is 0.00750 e. The van der Waals surface area contributed by atoms with Crippen LogP contribution >= 0.6 is 11.8 Å². The van der Waals surface area contributed by atoms with Crippen LogP contribution in [0.1, 0.15) is 78.6 Å². The topological polar surface area (TPSA) is 0 Å². The molecule has 1 aliphatic rings. The van der Waals surface area contributed by atoms with Crippen molar-refractivity contribution in [3.05, 3.63) is 0 Å². The van der Waals surface area contributed by atoms with Gasteiger partial charge in [-0.25, -0.2) is 0 Å². The third-order valence-corrected chi connectivity index (χ3v) is 5.92. The Morgan fingerprint density at radius 2 is 1.67 bits per heavy atom. The Morgan fingerprint density at radius 3 is 2.28 bits per heavy atom. The number of thioether (sulfide) groups is 1. The normalized spacial score (nSPS) is 26.5. The molecule has 0 nitrogen and oxygen atoms in total. The number of hydrogen-bond donors (Lipinski definition) is 0. The van der Waals surface area contributed by atoms with Crippen LogP contribution in [0, 0.1) is 17.8 Å². The summed E-state index contributed by atoms with van der Waals surface area (Å²) >= 11 is 2.14. The minimum atomic E-state index is 0.889. The van der Waals surface area contributed by atoms with Crippen molar-refractivity contribution in [1.82, 2.24) is 0 Å². The summed E-state index contributed by atoms with van der Waals surface area (Å²) < 4.78 is 0. The van der Waals surface area contributed by atoms with Gasteiger partial charge in [0.05, 0.1) is 0 Å². The Morgan fingerprint density at radius 1 is 1.00 bits per heavy atom. The van der Waals surface area contributed by atoms with Crippen molar-refractivity contribution in [2.45, 2.75) is 83.8 Å². The molecule has 3 atom stereocenters. The van der Waals surface area contributed by atoms with Crippen molar-refractivity contribution in [1.29, 1.82) is 0 Å². The first-order valence-corrected chi connectivity index (χ1v) is 9.46. The highest BCUT2D eigenvalue weighted by atomic mass is 32.2. The van der Waals surface area contributed by atoms with Gasteiger partial charge in [-0.1, -0.05) is 65.7 Å². The molecular formula is C17H34S. The molecule has 1 heteroatoms. The second-order valence-corrected chi connectivity index (χ2v) is 7.81. The van der Waals surface area contributed by atoms with Crippen LogP contribution in [0.15, 0.2) is 0 Å². The molecule has 0 aromatic heterocycles. The van der Waals surface area contributed by atoms with Gasteiger partial charge in [0.25, 0.3) is 0 Å². The lowest BCUT2D eigenvalue weighted by molar-refractivity contribution is 0.243. The third-order valence-electron chi connectivity index (χ3n) is 4.73. The second kappa shape index (κ2) is 9.28. The van der Waals surface area contributed by atoms with Gasteiger partial charge in [0, 0.05) is 5.25 Å². The molecule has 0 aliphatic heterocycles. The van der Waals surface area contributed by atoms with Crippen LogP contribution in [0.25, 0.3) is 0 Å². The average Bonchev–Trinajstić information content (AvgIpc) is 2.35. The Balaban J connectivity index is 2.20. The first kappa shape index (κ1) is 16.4. The maximum absolute atomic E-state index is 2.49. The fourth-order valence-corrected chi connectivity index (χ4v) is 4.64. The summed E-state index contributed by atoms with van der Waals surface area (Å²) in [5.74, 6) is 2.88. The monoisotopic (exact) mass is 270 g/mol. The summed E-state index contributed by atoms with van der Waals surface area (Å²) in [5, 5.41) is 0.944. The van der Waals surface area contributed by atoms with Crippen molar-refractivity contribution in [3.8, 4) is 0 Å². The highest BCUT2D eigenvalue weighted by Crippen LogP contribution is 2.38. The summed E-state index contributed by atoms with van der Waals surface area (Å²) in [6.07, 6.45) is 15.5. The van der Waals surface area contributed by atoms with E-state index >= 15 is 0 Å². The molecule has 0 heterocycles. The van der Waals surface area contributed by atoms with Gasteiger partial charge in [0.2, 0.25) is 0 Å². The van der Waals surface area contributed by atoms with Gasteiger partial charge in [-0.15, -0.1) is 0 Å². The fraction of sp³-hybridized carbons (Fsp3) is 1.00. The van der Waals surface area contributed by atoms with Crippen molar-refractivity contribution in [2.75, 3.05) is 6.26 Å². The molecule has 1 unspecified atom stereocenters. The standard InChI is InChI=1S/C17H34S/c1-14(2)10-6-5-7-13-17(18-4)16-12-9-8-11-15(16)3/h14-17H,5-13H2,1-4H3/t15-,16+,17?/m0/s1. The van der Waals surface area contributed by atoms with Gasteiger partial charge in [-0.05, 0) is 36.9 Å². The first-order chi connectivity index (χ1) is 8.65. The zero-order valence-corrected chi connectivity index (χ0v) is 13.9. The smallest absolute Gasteiger partial charge is 0.00750 e. The molecular weight excluding hydrogens is 236 g/mol. The quantitative estimate of drug-likeness (QED) is 0.477. The largest absolute Gasteiger partial charge is 0.162 e. The summed E-state index contributed by atoms with van der Waals surface area (Å²) in [6, 6.07) is 0. The van der Waals surface area contributed by atoms with Crippen molar-refractivity contribution < 1.29 is 0 Å². The Kier molecular flexibility index (Phi) is 8.46. The van der Waals surface area contributed by atoms with Gasteiger partial charge >= 0.3 is 0 Å². The molecule has 0 aromatic carbocycles. The molecule has 0 N–H and O–H groups in total. The summed E-state index contributed by atoms with van der Waals surface area (Å²) in [4.78, 5) is 0. The lowest BCUT2D eigenvalue weighted by Gasteiger charge is -2.34. The maximum atomic E-state index is 2.49. The lowest BCUT2D eigenvalue weighted by Crippen LogP contribution is -2.27. The molecule has 1 aliphatic carbocycles. The van der Waals surface area contributed by atoms with E-state index in [1.54, 1.807) is 0 Å². The minimum absolute atomic E-state index is 0.889. The summed E-state index contributed by atoms with van der Waals surface area (Å²) in [7, 11) is 0. The lowest BCUT2D eigenvalue weighted by atomic mass is 9.77. The third kappa shape index (κ3) is 5.99. The Hall–Kier alpha value is 0.350. The van der Waals surface area contributed by atoms with Crippen LogP contribution in [-0.4, -0.2) is 11.5 Å². The van der Waals surface area contributed by atoms with Gasteiger partial charge in [0.1, 0.15) is 0 Å². The molecule has 0 amide bonds. The minimum Gasteiger partial charge on any atom is -0.162 e. The SMILES string of the molecule is CSC(CCCCCC(C)C)[C@@H]1CCCC[C@@H]1C. The Bertz CT molecular complexity index is 200. The van der Waals surface area contributed by atoms with Crippen molar-refractivity contribution in [2.24, 2.45) is 17.8 Å². The number of rotatable bonds is 8. The van der Waals surface area contributed by atoms with E-state index in [0.717, 1.165) is 23.0 Å². The molecule has 1 rings (SSSR count). The molecule has 0 saturated heterocycles. The van der Waals surface area contributed by atoms with Crippen LogP contribution in [-0.2, 0) is 0 Å². The van der Waals surface area contributed by atoms with Crippen LogP contribution in [0.5, 0.6) is 0 Å². The van der Waals surface area contributed by atoms with E-state index in [0.29, 0.717) is 0 Å². The predicted octanol–water partition coefficient (Wildman–Crippen LogP) is 6.15. The van der Waals surface area contributed by atoms with Gasteiger partial charge in [0.15, 0.2) is 0 Å². The van der Waals surface area contributed by atoms with E-state index in [2.05, 4.69) is 38.8 Å². The van der Waals surface area contributed by atoms with Crippen LogP contribution in [0.3, 0.4) is 0 Å². The van der Waals surface area contributed by atoms with Crippen molar-refractivity contribution >= 4 is 11.8 Å². The van der Waals surface area contributed by atoms with Crippen LogP contribution in [0.2, 0.25) is 0 Å². The first-order valence-electron chi connectivity index (χ1n) is 8.18. The molecule has 0 aromatic rings. The molecule has 0 radical (unpaired) electrons. The number of hydrogen-bond acceptors (Lipinski definition) is 1. The second-order valence-electron chi connectivity index (χ2n) is 6.73. The average molecular weight is 271 g/mol. The predicted molar refractivity (Wildman–Crippen MR) is 86.3 cm³/mol. The van der Waals surface area contributed by atoms with E-state index in [4.69, 9.17) is 0 Å². The van der Waals surface area contributed by atoms with E-state index in [1.807, 2.05) is 0 Å². The highest BCUT2D eigenvalue weighted by Gasteiger charge is 2.28. The van der Waals surface area contributed by atoms with Gasteiger partial charge in [-0.2, -0.15) is 11.8 Å². The summed E-state index contributed by atoms with van der Waals surface area (Å²) in [6.45, 7) is 7.18. The van der Waals surface area contributed by atoms with Gasteiger partial charge < -0.3 is 0 Å². The van der Waals surface area contributed by atoms with E-state index in [-0.39, 0.29) is 0 Å². The Labute approximate surface area is 120 Å². The zero-order valence-electron chi connectivity index (χ0n) is 13.1. The molecule has 1 fully saturated rings. The van der Waals surface area contributed by atoms with E-state index in [9.17, 15) is 0 Å². The molecule has 0 bridgehead atoms. The molecule has 18 heavy (non-hydrogen) atoms. The fourth-order valence-electron chi connectivity index (χ4n) is 3.48. The van der Waals surface area contributed by atoms with Crippen LogP contribution in [0.4, 0.5) is 0 Å². The highest BCUT2D eigenvalue weighted by molar-refractivity contribution is 7.99. The molecule has 108 valence electrons.